The van der Waals surface area contributed by atoms with Crippen molar-refractivity contribution in [2.24, 2.45) is 5.92 Å². The molecule has 37 heavy (non-hydrogen) atoms. The molecule has 1 aliphatic rings. The van der Waals surface area contributed by atoms with Crippen LogP contribution in [-0.4, -0.2) is 77.7 Å². The number of aromatic nitrogens is 3. The van der Waals surface area contributed by atoms with Gasteiger partial charge in [0, 0.05) is 55.9 Å². The lowest BCUT2D eigenvalue weighted by Gasteiger charge is -2.34. The van der Waals surface area contributed by atoms with E-state index in [9.17, 15) is 18.0 Å². The zero-order chi connectivity index (χ0) is 26.4. The number of para-hydroxylation sites is 1. The van der Waals surface area contributed by atoms with Gasteiger partial charge in [-0.1, -0.05) is 43.4 Å². The maximum Gasteiger partial charge on any atom is 0.522 e. The zero-order valence-electron chi connectivity index (χ0n) is 21.1. The molecule has 1 aromatic carbocycles. The van der Waals surface area contributed by atoms with Gasteiger partial charge in [-0.05, 0) is 36.8 Å². The SMILES string of the molecule is CC(C)CCC(Cc1c[nH]c2ccccc12)NC(=O)c1nnc(N2CCN(CCOC(F)(F)F)CC2)s1. The second kappa shape index (κ2) is 12.2. The molecule has 2 N–H and O–H groups in total. The molecule has 2 aromatic heterocycles. The van der Waals surface area contributed by atoms with Gasteiger partial charge in [-0.15, -0.1) is 23.4 Å². The molecule has 1 fully saturated rings. The van der Waals surface area contributed by atoms with Crippen LogP contribution in [0.3, 0.4) is 0 Å². The number of rotatable bonds is 11. The summed E-state index contributed by atoms with van der Waals surface area (Å²) in [6.07, 6.45) is -0.0264. The Kier molecular flexibility index (Phi) is 9.04. The van der Waals surface area contributed by atoms with Crippen LogP contribution in [0.5, 0.6) is 0 Å². The summed E-state index contributed by atoms with van der Waals surface area (Å²) in [5.41, 5.74) is 2.24. The molecule has 1 amide bonds. The Balaban J connectivity index is 1.33. The quantitative estimate of drug-likeness (QED) is 0.375. The summed E-state index contributed by atoms with van der Waals surface area (Å²) in [5.74, 6) is 0.287. The van der Waals surface area contributed by atoms with Crippen molar-refractivity contribution in [1.29, 1.82) is 0 Å². The molecule has 1 atom stereocenters. The Morgan fingerprint density at radius 2 is 1.92 bits per heavy atom. The summed E-state index contributed by atoms with van der Waals surface area (Å²) in [6, 6.07) is 8.10. The van der Waals surface area contributed by atoms with E-state index in [0.29, 0.717) is 48.7 Å². The molecule has 1 unspecified atom stereocenters. The minimum absolute atomic E-state index is 0.0380. The number of ether oxygens (including phenoxy) is 1. The topological polar surface area (TPSA) is 86.4 Å². The maximum absolute atomic E-state index is 13.1. The van der Waals surface area contributed by atoms with Crippen molar-refractivity contribution in [3.8, 4) is 0 Å². The lowest BCUT2D eigenvalue weighted by Crippen LogP contribution is -2.47. The summed E-state index contributed by atoms with van der Waals surface area (Å²) in [5, 5.41) is 13.6. The number of anilines is 1. The van der Waals surface area contributed by atoms with Gasteiger partial charge in [0.25, 0.3) is 5.91 Å². The molecule has 202 valence electrons. The van der Waals surface area contributed by atoms with Crippen LogP contribution in [0.15, 0.2) is 30.5 Å². The molecule has 12 heteroatoms. The average Bonchev–Trinajstić information content (AvgIpc) is 3.50. The Morgan fingerprint density at radius 3 is 2.65 bits per heavy atom. The Morgan fingerprint density at radius 1 is 1.16 bits per heavy atom. The van der Waals surface area contributed by atoms with Crippen LogP contribution in [0.25, 0.3) is 10.9 Å². The van der Waals surface area contributed by atoms with Gasteiger partial charge in [0.2, 0.25) is 10.1 Å². The Labute approximate surface area is 218 Å². The van der Waals surface area contributed by atoms with Crippen LogP contribution >= 0.6 is 11.3 Å². The molecule has 8 nitrogen and oxygen atoms in total. The molecule has 0 radical (unpaired) electrons. The normalized spacial score (nSPS) is 16.0. The number of H-pyrrole nitrogens is 1. The highest BCUT2D eigenvalue weighted by Crippen LogP contribution is 2.24. The molecule has 0 spiro atoms. The molecular weight excluding hydrogens is 505 g/mol. The number of piperazine rings is 1. The van der Waals surface area contributed by atoms with Crippen molar-refractivity contribution in [3.05, 3.63) is 41.0 Å². The van der Waals surface area contributed by atoms with E-state index in [4.69, 9.17) is 0 Å². The predicted molar refractivity (Wildman–Crippen MR) is 138 cm³/mol. The van der Waals surface area contributed by atoms with E-state index in [1.54, 1.807) is 0 Å². The fraction of sp³-hybridized carbons (Fsp3) is 0.560. The third-order valence-corrected chi connectivity index (χ3v) is 7.48. The number of hydrogen-bond acceptors (Lipinski definition) is 7. The van der Waals surface area contributed by atoms with Crippen molar-refractivity contribution in [2.45, 2.75) is 45.5 Å². The fourth-order valence-corrected chi connectivity index (χ4v) is 5.26. The predicted octanol–water partition coefficient (Wildman–Crippen LogP) is 4.46. The number of carbonyl (C=O) groups is 1. The van der Waals surface area contributed by atoms with Gasteiger partial charge in [0.15, 0.2) is 0 Å². The number of aromatic amines is 1. The smallest absolute Gasteiger partial charge is 0.361 e. The first-order valence-electron chi connectivity index (χ1n) is 12.6. The molecule has 0 bridgehead atoms. The second-order valence-corrected chi connectivity index (χ2v) is 10.7. The number of hydrogen-bond donors (Lipinski definition) is 2. The molecule has 0 saturated carbocycles. The van der Waals surface area contributed by atoms with E-state index in [2.05, 4.69) is 45.1 Å². The molecule has 1 aliphatic heterocycles. The monoisotopic (exact) mass is 538 g/mol. The average molecular weight is 539 g/mol. The first-order chi connectivity index (χ1) is 17.7. The Bertz CT molecular complexity index is 1160. The fourth-order valence-electron chi connectivity index (χ4n) is 4.46. The lowest BCUT2D eigenvalue weighted by molar-refractivity contribution is -0.325. The van der Waals surface area contributed by atoms with Gasteiger partial charge in [-0.2, -0.15) is 0 Å². The van der Waals surface area contributed by atoms with E-state index < -0.39 is 6.36 Å². The van der Waals surface area contributed by atoms with Crippen LogP contribution in [-0.2, 0) is 11.2 Å². The van der Waals surface area contributed by atoms with E-state index in [1.807, 2.05) is 34.2 Å². The van der Waals surface area contributed by atoms with Gasteiger partial charge in [-0.3, -0.25) is 14.4 Å². The van der Waals surface area contributed by atoms with Crippen LogP contribution in [0.4, 0.5) is 18.3 Å². The van der Waals surface area contributed by atoms with Crippen LogP contribution in [0.2, 0.25) is 0 Å². The van der Waals surface area contributed by atoms with Gasteiger partial charge >= 0.3 is 6.36 Å². The third kappa shape index (κ3) is 7.89. The van der Waals surface area contributed by atoms with Crippen molar-refractivity contribution in [1.82, 2.24) is 25.4 Å². The molecular formula is C25H33F3N6O2S. The van der Waals surface area contributed by atoms with E-state index >= 15 is 0 Å². The molecule has 1 saturated heterocycles. The van der Waals surface area contributed by atoms with Crippen molar-refractivity contribution >= 4 is 33.3 Å². The number of nitrogens with one attached hydrogen (secondary N) is 2. The minimum Gasteiger partial charge on any atom is -0.361 e. The maximum atomic E-state index is 13.1. The summed E-state index contributed by atoms with van der Waals surface area (Å²) < 4.78 is 40.4. The minimum atomic E-state index is -4.60. The summed E-state index contributed by atoms with van der Waals surface area (Å²) >= 11 is 1.24. The van der Waals surface area contributed by atoms with Gasteiger partial charge in [-0.25, -0.2) is 0 Å². The van der Waals surface area contributed by atoms with Crippen LogP contribution in [0.1, 0.15) is 42.1 Å². The van der Waals surface area contributed by atoms with Gasteiger partial charge in [0.1, 0.15) is 0 Å². The second-order valence-electron chi connectivity index (χ2n) is 9.72. The largest absolute Gasteiger partial charge is 0.522 e. The van der Waals surface area contributed by atoms with Crippen LogP contribution < -0.4 is 10.2 Å². The first kappa shape index (κ1) is 27.3. The van der Waals surface area contributed by atoms with Crippen molar-refractivity contribution in [2.75, 3.05) is 44.2 Å². The number of alkyl halides is 3. The Hall–Kier alpha value is -2.70. The number of halogens is 3. The highest BCUT2D eigenvalue weighted by Gasteiger charge is 2.29. The summed E-state index contributed by atoms with van der Waals surface area (Å²) in [6.45, 7) is 6.54. The number of carbonyl (C=O) groups excluding carboxylic acids is 1. The van der Waals surface area contributed by atoms with E-state index in [0.717, 1.165) is 23.7 Å². The highest BCUT2D eigenvalue weighted by atomic mass is 32.1. The standard InChI is InChI=1S/C25H33F3N6O2S/c1-17(2)7-8-19(15-18-16-29-21-6-4-3-5-20(18)21)30-22(35)23-31-32-24(37-23)34-11-9-33(10-12-34)13-14-36-25(26,27)28/h3-6,16-17,19,29H,7-15H2,1-2H3,(H,30,35). The van der Waals surface area contributed by atoms with E-state index in [1.165, 1.54) is 16.9 Å². The van der Waals surface area contributed by atoms with Gasteiger partial charge < -0.3 is 15.2 Å². The summed E-state index contributed by atoms with van der Waals surface area (Å²) in [7, 11) is 0. The molecule has 3 aromatic rings. The molecule has 3 heterocycles. The van der Waals surface area contributed by atoms with Crippen molar-refractivity contribution < 1.29 is 22.7 Å². The number of amides is 1. The number of nitrogens with zero attached hydrogens (tertiary/aromatic N) is 4. The molecule has 4 rings (SSSR count). The highest BCUT2D eigenvalue weighted by molar-refractivity contribution is 7.17. The summed E-state index contributed by atoms with van der Waals surface area (Å²) in [4.78, 5) is 20.3. The number of benzene rings is 1. The molecule has 0 aliphatic carbocycles. The number of fused-ring (bicyclic) bond motifs is 1. The van der Waals surface area contributed by atoms with Crippen LogP contribution in [0, 0.1) is 5.92 Å². The van der Waals surface area contributed by atoms with Crippen molar-refractivity contribution in [3.63, 3.8) is 0 Å². The van der Waals surface area contributed by atoms with Gasteiger partial charge in [0.05, 0.1) is 6.61 Å². The first-order valence-corrected chi connectivity index (χ1v) is 13.4. The zero-order valence-corrected chi connectivity index (χ0v) is 21.9. The third-order valence-electron chi connectivity index (χ3n) is 6.49. The van der Waals surface area contributed by atoms with E-state index in [-0.39, 0.29) is 25.1 Å². The lowest BCUT2D eigenvalue weighted by atomic mass is 9.97.